The molecule has 1 aliphatic heterocycles. The van der Waals surface area contributed by atoms with E-state index in [0.29, 0.717) is 18.7 Å². The number of amides is 1. The molecule has 150 valence electrons. The zero-order chi connectivity index (χ0) is 20.5. The lowest BCUT2D eigenvalue weighted by Gasteiger charge is -2.33. The van der Waals surface area contributed by atoms with Gasteiger partial charge in [0.2, 0.25) is 5.91 Å². The van der Waals surface area contributed by atoms with Crippen molar-refractivity contribution >= 4 is 27.7 Å². The Bertz CT molecular complexity index is 1240. The van der Waals surface area contributed by atoms with E-state index >= 15 is 0 Å². The van der Waals surface area contributed by atoms with E-state index in [2.05, 4.69) is 22.0 Å². The highest BCUT2D eigenvalue weighted by atomic mass is 16.5. The van der Waals surface area contributed by atoms with Gasteiger partial charge in [-0.05, 0) is 29.8 Å². The van der Waals surface area contributed by atoms with Gasteiger partial charge < -0.3 is 10.5 Å². The molecule has 0 saturated carbocycles. The van der Waals surface area contributed by atoms with Crippen LogP contribution in [-0.2, 0) is 11.3 Å². The maximum absolute atomic E-state index is 12.0. The molecule has 1 aliphatic rings. The number of nitrogens with two attached hydrogens (primary N) is 1. The minimum absolute atomic E-state index is 0.213. The minimum Gasteiger partial charge on any atom is -0.369 e. The number of morpholine rings is 1. The van der Waals surface area contributed by atoms with Gasteiger partial charge in [-0.15, -0.1) is 0 Å². The Labute approximate surface area is 174 Å². The number of nitrogens with zero attached hydrogens (tertiary/aromatic N) is 3. The van der Waals surface area contributed by atoms with Gasteiger partial charge in [0, 0.05) is 36.6 Å². The Morgan fingerprint density at radius 1 is 1.07 bits per heavy atom. The van der Waals surface area contributed by atoms with Gasteiger partial charge in [-0.25, -0.2) is 4.98 Å². The highest BCUT2D eigenvalue weighted by molar-refractivity contribution is 6.05. The maximum Gasteiger partial charge on any atom is 0.249 e. The number of para-hydroxylation sites is 2. The lowest BCUT2D eigenvalue weighted by atomic mass is 10.0. The molecule has 4 aromatic rings. The molecule has 0 bridgehead atoms. The number of pyridine rings is 2. The van der Waals surface area contributed by atoms with Gasteiger partial charge in [0.1, 0.15) is 6.10 Å². The first-order chi connectivity index (χ1) is 14.7. The molecular formula is C24H22N4O2. The van der Waals surface area contributed by atoms with Crippen molar-refractivity contribution in [2.75, 3.05) is 19.7 Å². The summed E-state index contributed by atoms with van der Waals surface area (Å²) in [6, 6.07) is 19.6. The molecule has 5 rings (SSSR count). The summed E-state index contributed by atoms with van der Waals surface area (Å²) in [5.74, 6) is -0.453. The molecule has 6 heteroatoms. The predicted octanol–water partition coefficient (Wildman–Crippen LogP) is 3.46. The van der Waals surface area contributed by atoms with Crippen LogP contribution in [0.25, 0.3) is 21.8 Å². The van der Waals surface area contributed by atoms with Crippen LogP contribution < -0.4 is 5.73 Å². The number of aromatic nitrogens is 2. The molecule has 0 spiro atoms. The molecule has 2 aromatic heterocycles. The van der Waals surface area contributed by atoms with Gasteiger partial charge in [0.15, 0.2) is 0 Å². The quantitative estimate of drug-likeness (QED) is 0.569. The van der Waals surface area contributed by atoms with Gasteiger partial charge in [-0.2, -0.15) is 0 Å². The van der Waals surface area contributed by atoms with E-state index in [9.17, 15) is 4.79 Å². The fraction of sp³-hybridized carbons (Fsp3) is 0.208. The number of ether oxygens (including phenoxy) is 1. The third-order valence-corrected chi connectivity index (χ3v) is 5.62. The summed E-state index contributed by atoms with van der Waals surface area (Å²) in [5.41, 5.74) is 9.86. The van der Waals surface area contributed by atoms with Gasteiger partial charge in [-0.3, -0.25) is 14.7 Å². The molecule has 6 nitrogen and oxygen atoms in total. The second kappa shape index (κ2) is 7.82. The van der Waals surface area contributed by atoms with Crippen molar-refractivity contribution in [2.45, 2.75) is 12.6 Å². The lowest BCUT2D eigenvalue weighted by Crippen LogP contribution is -2.38. The summed E-state index contributed by atoms with van der Waals surface area (Å²) in [4.78, 5) is 23.6. The van der Waals surface area contributed by atoms with Gasteiger partial charge in [0.05, 0.1) is 28.9 Å². The zero-order valence-electron chi connectivity index (χ0n) is 16.5. The van der Waals surface area contributed by atoms with Crippen LogP contribution in [0.4, 0.5) is 0 Å². The molecule has 1 atom stereocenters. The normalized spacial score (nSPS) is 17.4. The summed E-state index contributed by atoms with van der Waals surface area (Å²) in [7, 11) is 0. The standard InChI is InChI=1S/C24H22N4O2/c25-24(29)19-13-22(27-21-8-4-2-6-18(19)21)23-15-28(11-12-30-23)14-16-9-10-26-20-7-3-1-5-17(16)20/h1-10,13,23H,11-12,14-15H2,(H2,25,29)/t23-/m1/s1. The largest absolute Gasteiger partial charge is 0.369 e. The number of carbonyl (C=O) groups is 1. The maximum atomic E-state index is 12.0. The van der Waals surface area contributed by atoms with Crippen LogP contribution in [0.3, 0.4) is 0 Å². The van der Waals surface area contributed by atoms with Crippen LogP contribution in [-0.4, -0.2) is 40.5 Å². The number of rotatable bonds is 4. The number of hydrogen-bond acceptors (Lipinski definition) is 5. The second-order valence-electron chi connectivity index (χ2n) is 7.56. The van der Waals surface area contributed by atoms with Gasteiger partial charge >= 0.3 is 0 Å². The van der Waals surface area contributed by atoms with E-state index in [1.807, 2.05) is 48.7 Å². The minimum atomic E-state index is -0.453. The number of carbonyl (C=O) groups excluding carboxylic acids is 1. The molecule has 2 N–H and O–H groups in total. The number of benzene rings is 2. The molecule has 3 heterocycles. The molecule has 30 heavy (non-hydrogen) atoms. The molecule has 0 aliphatic carbocycles. The second-order valence-corrected chi connectivity index (χ2v) is 7.56. The Hall–Kier alpha value is -3.35. The summed E-state index contributed by atoms with van der Waals surface area (Å²) in [6.45, 7) is 2.94. The van der Waals surface area contributed by atoms with E-state index in [0.717, 1.165) is 35.2 Å². The average molecular weight is 398 g/mol. The Morgan fingerprint density at radius 2 is 1.83 bits per heavy atom. The highest BCUT2D eigenvalue weighted by Crippen LogP contribution is 2.27. The number of primary amides is 1. The Morgan fingerprint density at radius 3 is 2.67 bits per heavy atom. The monoisotopic (exact) mass is 398 g/mol. The number of fused-ring (bicyclic) bond motifs is 2. The third kappa shape index (κ3) is 3.51. The van der Waals surface area contributed by atoms with E-state index in [1.165, 1.54) is 10.9 Å². The van der Waals surface area contributed by atoms with E-state index in [-0.39, 0.29) is 6.10 Å². The summed E-state index contributed by atoms with van der Waals surface area (Å²) >= 11 is 0. The SMILES string of the molecule is NC(=O)c1cc([C@H]2CN(Cc3ccnc4ccccc34)CCO2)nc2ccccc12. The molecule has 0 radical (unpaired) electrons. The lowest BCUT2D eigenvalue weighted by molar-refractivity contribution is -0.0347. The summed E-state index contributed by atoms with van der Waals surface area (Å²) < 4.78 is 6.03. The average Bonchev–Trinajstić information content (AvgIpc) is 2.79. The predicted molar refractivity (Wildman–Crippen MR) is 116 cm³/mol. The van der Waals surface area contributed by atoms with E-state index in [1.54, 1.807) is 6.07 Å². The van der Waals surface area contributed by atoms with E-state index < -0.39 is 5.91 Å². The van der Waals surface area contributed by atoms with Crippen LogP contribution in [0.15, 0.2) is 66.9 Å². The van der Waals surface area contributed by atoms with Crippen LogP contribution >= 0.6 is 0 Å². The van der Waals surface area contributed by atoms with Crippen molar-refractivity contribution in [3.05, 3.63) is 83.7 Å². The third-order valence-electron chi connectivity index (χ3n) is 5.62. The summed E-state index contributed by atoms with van der Waals surface area (Å²) in [5, 5.41) is 1.94. The Balaban J connectivity index is 1.44. The van der Waals surface area contributed by atoms with Crippen molar-refractivity contribution in [2.24, 2.45) is 5.73 Å². The molecule has 1 amide bonds. The summed E-state index contributed by atoms with van der Waals surface area (Å²) in [6.07, 6.45) is 1.65. The molecule has 0 unspecified atom stereocenters. The van der Waals surface area contributed by atoms with Crippen molar-refractivity contribution in [3.8, 4) is 0 Å². The van der Waals surface area contributed by atoms with Gasteiger partial charge in [0.25, 0.3) is 0 Å². The molecule has 1 saturated heterocycles. The van der Waals surface area contributed by atoms with Crippen molar-refractivity contribution in [1.82, 2.24) is 14.9 Å². The Kier molecular flexibility index (Phi) is 4.86. The van der Waals surface area contributed by atoms with Gasteiger partial charge in [-0.1, -0.05) is 36.4 Å². The van der Waals surface area contributed by atoms with Crippen LogP contribution in [0, 0.1) is 0 Å². The van der Waals surface area contributed by atoms with Crippen LogP contribution in [0.2, 0.25) is 0 Å². The molecule has 1 fully saturated rings. The van der Waals surface area contributed by atoms with Crippen LogP contribution in [0.5, 0.6) is 0 Å². The fourth-order valence-electron chi connectivity index (χ4n) is 4.12. The topological polar surface area (TPSA) is 81.3 Å². The molecule has 2 aromatic carbocycles. The molecular weight excluding hydrogens is 376 g/mol. The first-order valence-corrected chi connectivity index (χ1v) is 10.0. The first-order valence-electron chi connectivity index (χ1n) is 10.0. The fourth-order valence-corrected chi connectivity index (χ4v) is 4.12. The zero-order valence-corrected chi connectivity index (χ0v) is 16.5. The number of hydrogen-bond donors (Lipinski definition) is 1. The van der Waals surface area contributed by atoms with Crippen molar-refractivity contribution < 1.29 is 9.53 Å². The van der Waals surface area contributed by atoms with Crippen molar-refractivity contribution in [3.63, 3.8) is 0 Å². The smallest absolute Gasteiger partial charge is 0.249 e. The van der Waals surface area contributed by atoms with Crippen LogP contribution in [0.1, 0.15) is 27.7 Å². The highest BCUT2D eigenvalue weighted by Gasteiger charge is 2.25. The van der Waals surface area contributed by atoms with Crippen molar-refractivity contribution in [1.29, 1.82) is 0 Å². The first kappa shape index (κ1) is 18.7. The van der Waals surface area contributed by atoms with E-state index in [4.69, 9.17) is 15.5 Å².